The number of aromatic amines is 1. The summed E-state index contributed by atoms with van der Waals surface area (Å²) in [5, 5.41) is 3.08. The van der Waals surface area contributed by atoms with Crippen molar-refractivity contribution >= 4 is 0 Å². The summed E-state index contributed by atoms with van der Waals surface area (Å²) in [5.41, 5.74) is 2.50. The highest BCUT2D eigenvalue weighted by molar-refractivity contribution is 5.56. The Hall–Kier alpha value is -1.68. The van der Waals surface area contributed by atoms with Gasteiger partial charge in [0.05, 0.1) is 11.3 Å². The maximum atomic E-state index is 13.6. The van der Waals surface area contributed by atoms with Gasteiger partial charge in [-0.05, 0) is 26.1 Å². The molecule has 1 heterocycles. The minimum atomic E-state index is -0.249. The third-order valence-electron chi connectivity index (χ3n) is 2.73. The Bertz CT molecular complexity index is 505. The predicted molar refractivity (Wildman–Crippen MR) is 66.3 cm³/mol. The largest absolute Gasteiger partial charge is 0.342 e. The fourth-order valence-corrected chi connectivity index (χ4v) is 1.76. The number of rotatable bonds is 4. The highest BCUT2D eigenvalue weighted by Gasteiger charge is 2.10. The summed E-state index contributed by atoms with van der Waals surface area (Å²) in [5.74, 6) is 0.355. The number of aryl methyl sites for hydroxylation is 1. The first kappa shape index (κ1) is 11.8. The van der Waals surface area contributed by atoms with Crippen LogP contribution in [0.2, 0.25) is 0 Å². The van der Waals surface area contributed by atoms with E-state index in [9.17, 15) is 4.39 Å². The Morgan fingerprint density at radius 1 is 1.35 bits per heavy atom. The maximum Gasteiger partial charge on any atom is 0.140 e. The summed E-state index contributed by atoms with van der Waals surface area (Å²) in [4.78, 5) is 7.57. The van der Waals surface area contributed by atoms with Gasteiger partial charge in [-0.2, -0.15) is 0 Å². The van der Waals surface area contributed by atoms with Gasteiger partial charge in [0.15, 0.2) is 0 Å². The number of imidazole rings is 1. The smallest absolute Gasteiger partial charge is 0.140 e. The topological polar surface area (TPSA) is 40.7 Å². The molecular formula is C13H16FN3. The number of H-pyrrole nitrogens is 1. The van der Waals surface area contributed by atoms with E-state index < -0.39 is 0 Å². The second-order valence-corrected chi connectivity index (χ2v) is 3.99. The number of nitrogens with zero attached hydrogens (tertiary/aromatic N) is 1. The first-order valence-corrected chi connectivity index (χ1v) is 5.67. The van der Waals surface area contributed by atoms with Crippen molar-refractivity contribution in [2.75, 3.05) is 13.6 Å². The molecule has 1 aromatic heterocycles. The molecule has 0 bridgehead atoms. The van der Waals surface area contributed by atoms with Crippen LogP contribution in [0, 0.1) is 12.7 Å². The second-order valence-electron chi connectivity index (χ2n) is 3.99. The van der Waals surface area contributed by atoms with E-state index in [1.807, 2.05) is 20.0 Å². The van der Waals surface area contributed by atoms with E-state index in [0.29, 0.717) is 11.4 Å². The van der Waals surface area contributed by atoms with Crippen LogP contribution in [0.4, 0.5) is 4.39 Å². The molecule has 2 aromatic rings. The molecule has 1 aromatic carbocycles. The van der Waals surface area contributed by atoms with Gasteiger partial charge < -0.3 is 10.3 Å². The lowest BCUT2D eigenvalue weighted by molar-refractivity contribution is 0.630. The van der Waals surface area contributed by atoms with E-state index in [-0.39, 0.29) is 5.82 Å². The minimum absolute atomic E-state index is 0.249. The quantitative estimate of drug-likeness (QED) is 0.850. The third kappa shape index (κ3) is 2.53. The Morgan fingerprint density at radius 2 is 2.12 bits per heavy atom. The van der Waals surface area contributed by atoms with Crippen molar-refractivity contribution in [3.05, 3.63) is 41.5 Å². The lowest BCUT2D eigenvalue weighted by Crippen LogP contribution is -2.11. The highest BCUT2D eigenvalue weighted by atomic mass is 19.1. The van der Waals surface area contributed by atoms with Crippen LogP contribution in [-0.4, -0.2) is 23.6 Å². The zero-order chi connectivity index (χ0) is 12.3. The third-order valence-corrected chi connectivity index (χ3v) is 2.73. The molecule has 3 nitrogen and oxygen atoms in total. The van der Waals surface area contributed by atoms with Gasteiger partial charge in [0, 0.05) is 18.7 Å². The zero-order valence-corrected chi connectivity index (χ0v) is 10.0. The molecule has 0 spiro atoms. The summed E-state index contributed by atoms with van der Waals surface area (Å²) in [6.07, 6.45) is 0.841. The van der Waals surface area contributed by atoms with Crippen molar-refractivity contribution in [2.24, 2.45) is 0 Å². The van der Waals surface area contributed by atoms with Crippen molar-refractivity contribution < 1.29 is 4.39 Å². The standard InChI is InChI=1S/C13H16FN3/c1-9-12(7-8-15-2)17-13(16-9)10-5-3-4-6-11(10)14/h3-6,15H,7-8H2,1-2H3,(H,16,17). The van der Waals surface area contributed by atoms with Gasteiger partial charge in [-0.3, -0.25) is 0 Å². The van der Waals surface area contributed by atoms with E-state index in [4.69, 9.17) is 0 Å². The fraction of sp³-hybridized carbons (Fsp3) is 0.308. The molecule has 0 aliphatic carbocycles. The normalized spacial score (nSPS) is 10.8. The van der Waals surface area contributed by atoms with Crippen LogP contribution in [0.25, 0.3) is 11.4 Å². The van der Waals surface area contributed by atoms with Gasteiger partial charge in [0.25, 0.3) is 0 Å². The van der Waals surface area contributed by atoms with E-state index >= 15 is 0 Å². The van der Waals surface area contributed by atoms with Crippen LogP contribution >= 0.6 is 0 Å². The SMILES string of the molecule is CNCCc1nc(-c2ccccc2F)[nH]c1C. The van der Waals surface area contributed by atoms with Gasteiger partial charge in [0.2, 0.25) is 0 Å². The molecule has 0 aliphatic heterocycles. The first-order chi connectivity index (χ1) is 8.22. The molecule has 2 N–H and O–H groups in total. The summed E-state index contributed by atoms with van der Waals surface area (Å²) in [7, 11) is 1.90. The van der Waals surface area contributed by atoms with E-state index in [1.54, 1.807) is 12.1 Å². The van der Waals surface area contributed by atoms with Crippen molar-refractivity contribution in [3.8, 4) is 11.4 Å². The molecule has 0 saturated heterocycles. The molecule has 0 unspecified atom stereocenters. The molecule has 0 aliphatic rings. The van der Waals surface area contributed by atoms with Crippen molar-refractivity contribution in [1.82, 2.24) is 15.3 Å². The Kier molecular flexibility index (Phi) is 3.54. The molecular weight excluding hydrogens is 217 g/mol. The Morgan fingerprint density at radius 3 is 2.82 bits per heavy atom. The maximum absolute atomic E-state index is 13.6. The predicted octanol–water partition coefficient (Wildman–Crippen LogP) is 2.29. The first-order valence-electron chi connectivity index (χ1n) is 5.67. The average molecular weight is 233 g/mol. The van der Waals surface area contributed by atoms with Crippen LogP contribution in [0.5, 0.6) is 0 Å². The summed E-state index contributed by atoms with van der Waals surface area (Å²) in [6, 6.07) is 6.66. The second kappa shape index (κ2) is 5.10. The van der Waals surface area contributed by atoms with E-state index in [1.165, 1.54) is 6.07 Å². The molecule has 17 heavy (non-hydrogen) atoms. The van der Waals surface area contributed by atoms with Gasteiger partial charge in [0.1, 0.15) is 11.6 Å². The van der Waals surface area contributed by atoms with Gasteiger partial charge in [-0.25, -0.2) is 9.37 Å². The van der Waals surface area contributed by atoms with Crippen LogP contribution in [0.15, 0.2) is 24.3 Å². The van der Waals surface area contributed by atoms with Crippen LogP contribution in [0.1, 0.15) is 11.4 Å². The molecule has 0 atom stereocenters. The molecule has 0 saturated carbocycles. The summed E-state index contributed by atoms with van der Waals surface area (Å²) < 4.78 is 13.6. The van der Waals surface area contributed by atoms with Crippen LogP contribution in [0.3, 0.4) is 0 Å². The van der Waals surface area contributed by atoms with Crippen molar-refractivity contribution in [2.45, 2.75) is 13.3 Å². The number of aromatic nitrogens is 2. The van der Waals surface area contributed by atoms with Gasteiger partial charge in [-0.1, -0.05) is 12.1 Å². The number of nitrogens with one attached hydrogen (secondary N) is 2. The lowest BCUT2D eigenvalue weighted by Gasteiger charge is -1.97. The zero-order valence-electron chi connectivity index (χ0n) is 10.0. The molecule has 2 rings (SSSR count). The Labute approximate surface area is 100 Å². The van der Waals surface area contributed by atoms with Crippen LogP contribution < -0.4 is 5.32 Å². The molecule has 4 heteroatoms. The summed E-state index contributed by atoms with van der Waals surface area (Å²) >= 11 is 0. The number of likely N-dealkylation sites (N-methyl/N-ethyl adjacent to an activating group) is 1. The van der Waals surface area contributed by atoms with Crippen LogP contribution in [-0.2, 0) is 6.42 Å². The highest BCUT2D eigenvalue weighted by Crippen LogP contribution is 2.21. The molecule has 0 radical (unpaired) electrons. The monoisotopic (exact) mass is 233 g/mol. The van der Waals surface area contributed by atoms with Gasteiger partial charge >= 0.3 is 0 Å². The molecule has 0 fully saturated rings. The van der Waals surface area contributed by atoms with E-state index in [0.717, 1.165) is 24.4 Å². The number of halogens is 1. The number of hydrogen-bond acceptors (Lipinski definition) is 2. The average Bonchev–Trinajstić information content (AvgIpc) is 2.68. The number of benzene rings is 1. The Balaban J connectivity index is 2.31. The minimum Gasteiger partial charge on any atom is -0.342 e. The molecule has 0 amide bonds. The van der Waals surface area contributed by atoms with Crippen molar-refractivity contribution in [1.29, 1.82) is 0 Å². The fourth-order valence-electron chi connectivity index (χ4n) is 1.76. The van der Waals surface area contributed by atoms with Gasteiger partial charge in [-0.15, -0.1) is 0 Å². The molecule has 90 valence electrons. The van der Waals surface area contributed by atoms with Crippen molar-refractivity contribution in [3.63, 3.8) is 0 Å². The summed E-state index contributed by atoms with van der Waals surface area (Å²) in [6.45, 7) is 2.82. The number of hydrogen-bond donors (Lipinski definition) is 2. The van der Waals surface area contributed by atoms with E-state index in [2.05, 4.69) is 15.3 Å². The lowest BCUT2D eigenvalue weighted by atomic mass is 10.2.